The summed E-state index contributed by atoms with van der Waals surface area (Å²) in [5, 5.41) is 11.9. The molecule has 2 heterocycles. The number of hydrogen-bond acceptors (Lipinski definition) is 9. The van der Waals surface area contributed by atoms with Crippen LogP contribution >= 0.6 is 11.8 Å². The zero-order valence-corrected chi connectivity index (χ0v) is 23.5. The van der Waals surface area contributed by atoms with Crippen LogP contribution in [0.5, 0.6) is 5.75 Å². The van der Waals surface area contributed by atoms with Crippen molar-refractivity contribution >= 4 is 33.5 Å². The summed E-state index contributed by atoms with van der Waals surface area (Å²) in [7, 11) is -3.63. The summed E-state index contributed by atoms with van der Waals surface area (Å²) in [6.07, 6.45) is 0.452. The third-order valence-electron chi connectivity index (χ3n) is 5.95. The SMILES string of the molecule is CCOc1ccc(-n2c(CCNC(C)=O)nnc2SCC(=O)c2ccc(S(=O)(=O)N3CCOCC3)cc2)cc1. The number of Topliss-reactive ketones (excluding diaryl/α,β-unsaturated/α-hetero) is 1. The van der Waals surface area contributed by atoms with E-state index >= 15 is 0 Å². The Bertz CT molecular complexity index is 1390. The van der Waals surface area contributed by atoms with Crippen molar-refractivity contribution in [3.8, 4) is 11.4 Å². The van der Waals surface area contributed by atoms with Gasteiger partial charge in [0.1, 0.15) is 11.6 Å². The Morgan fingerprint density at radius 1 is 1.05 bits per heavy atom. The normalized spacial score (nSPS) is 14.2. The van der Waals surface area contributed by atoms with Crippen LogP contribution in [0.15, 0.2) is 58.6 Å². The van der Waals surface area contributed by atoms with Gasteiger partial charge < -0.3 is 14.8 Å². The van der Waals surface area contributed by atoms with E-state index in [2.05, 4.69) is 15.5 Å². The summed E-state index contributed by atoms with van der Waals surface area (Å²) in [6.45, 7) is 5.66. The highest BCUT2D eigenvalue weighted by atomic mass is 32.2. The van der Waals surface area contributed by atoms with E-state index < -0.39 is 10.0 Å². The zero-order chi connectivity index (χ0) is 27.8. The first kappa shape index (κ1) is 28.7. The summed E-state index contributed by atoms with van der Waals surface area (Å²) in [6, 6.07) is 13.5. The number of amides is 1. The number of nitrogens with one attached hydrogen (secondary N) is 1. The molecule has 1 aliphatic rings. The quantitative estimate of drug-likeness (QED) is 0.256. The summed E-state index contributed by atoms with van der Waals surface area (Å²) >= 11 is 1.23. The smallest absolute Gasteiger partial charge is 0.243 e. The second-order valence-corrected chi connectivity index (χ2v) is 11.5. The van der Waals surface area contributed by atoms with Gasteiger partial charge in [0.05, 0.1) is 30.5 Å². The van der Waals surface area contributed by atoms with Crippen LogP contribution in [0, 0.1) is 0 Å². The predicted molar refractivity (Wildman–Crippen MR) is 146 cm³/mol. The van der Waals surface area contributed by atoms with Crippen LogP contribution in [0.4, 0.5) is 0 Å². The molecular formula is C26H31N5O6S2. The van der Waals surface area contributed by atoms with Crippen LogP contribution in [0.2, 0.25) is 0 Å². The van der Waals surface area contributed by atoms with Gasteiger partial charge in [-0.25, -0.2) is 8.42 Å². The largest absolute Gasteiger partial charge is 0.494 e. The third kappa shape index (κ3) is 7.24. The zero-order valence-electron chi connectivity index (χ0n) is 21.8. The van der Waals surface area contributed by atoms with Crippen LogP contribution < -0.4 is 10.1 Å². The molecule has 1 N–H and O–H groups in total. The van der Waals surface area contributed by atoms with E-state index in [0.29, 0.717) is 62.4 Å². The number of hydrogen-bond donors (Lipinski definition) is 1. The molecule has 0 atom stereocenters. The van der Waals surface area contributed by atoms with Gasteiger partial charge in [0, 0.05) is 44.2 Å². The minimum absolute atomic E-state index is 0.0798. The molecule has 208 valence electrons. The van der Waals surface area contributed by atoms with Crippen LogP contribution in [-0.2, 0) is 26.0 Å². The summed E-state index contributed by atoms with van der Waals surface area (Å²) in [5.74, 6) is 1.15. The van der Waals surface area contributed by atoms with Gasteiger partial charge in [-0.15, -0.1) is 10.2 Å². The Kier molecular flexibility index (Phi) is 9.73. The molecule has 2 aromatic carbocycles. The molecule has 1 saturated heterocycles. The second-order valence-electron chi connectivity index (χ2n) is 8.65. The van der Waals surface area contributed by atoms with E-state index in [9.17, 15) is 18.0 Å². The van der Waals surface area contributed by atoms with Gasteiger partial charge in [-0.2, -0.15) is 4.31 Å². The monoisotopic (exact) mass is 573 g/mol. The van der Waals surface area contributed by atoms with Crippen LogP contribution in [0.3, 0.4) is 0 Å². The van der Waals surface area contributed by atoms with E-state index in [0.717, 1.165) is 11.4 Å². The first-order chi connectivity index (χ1) is 18.8. The van der Waals surface area contributed by atoms with Crippen molar-refractivity contribution in [1.82, 2.24) is 24.4 Å². The Balaban J connectivity index is 1.48. The molecule has 1 fully saturated rings. The van der Waals surface area contributed by atoms with Gasteiger partial charge in [-0.3, -0.25) is 14.2 Å². The Morgan fingerprint density at radius 3 is 2.38 bits per heavy atom. The maximum absolute atomic E-state index is 13.0. The number of aromatic nitrogens is 3. The highest BCUT2D eigenvalue weighted by Crippen LogP contribution is 2.25. The van der Waals surface area contributed by atoms with Crippen LogP contribution in [0.25, 0.3) is 5.69 Å². The number of morpholine rings is 1. The standard InChI is InChI=1S/C26H31N5O6S2/c1-3-37-22-8-6-21(7-9-22)31-25(12-13-27-19(2)32)28-29-26(31)38-18-24(33)20-4-10-23(11-5-20)39(34,35)30-14-16-36-17-15-30/h4-11H,3,12-18H2,1-2H3,(H,27,32). The molecule has 1 aromatic heterocycles. The molecule has 0 spiro atoms. The lowest BCUT2D eigenvalue weighted by atomic mass is 10.1. The van der Waals surface area contributed by atoms with Crippen LogP contribution in [-0.4, -0.2) is 84.4 Å². The number of nitrogens with zero attached hydrogens (tertiary/aromatic N) is 4. The number of benzene rings is 2. The number of ether oxygens (including phenoxy) is 2. The van der Waals surface area contributed by atoms with E-state index in [-0.39, 0.29) is 22.3 Å². The predicted octanol–water partition coefficient (Wildman–Crippen LogP) is 2.34. The number of thioether (sulfide) groups is 1. The molecule has 11 nitrogen and oxygen atoms in total. The van der Waals surface area contributed by atoms with E-state index in [1.807, 2.05) is 35.8 Å². The first-order valence-electron chi connectivity index (χ1n) is 12.6. The highest BCUT2D eigenvalue weighted by Gasteiger charge is 2.26. The van der Waals surface area contributed by atoms with Gasteiger partial charge in [-0.05, 0) is 43.3 Å². The molecule has 0 radical (unpaired) electrons. The fraction of sp³-hybridized carbons (Fsp3) is 0.385. The van der Waals surface area contributed by atoms with Crippen molar-refractivity contribution in [3.05, 3.63) is 59.9 Å². The van der Waals surface area contributed by atoms with E-state index in [1.54, 1.807) is 0 Å². The van der Waals surface area contributed by atoms with E-state index in [1.165, 1.54) is 47.3 Å². The topological polar surface area (TPSA) is 133 Å². The third-order valence-corrected chi connectivity index (χ3v) is 8.79. The van der Waals surface area contributed by atoms with Gasteiger partial charge in [0.15, 0.2) is 10.9 Å². The molecule has 1 aliphatic heterocycles. The molecule has 1 amide bonds. The number of rotatable bonds is 12. The minimum Gasteiger partial charge on any atom is -0.494 e. The average molecular weight is 574 g/mol. The Morgan fingerprint density at radius 2 is 1.74 bits per heavy atom. The molecule has 0 unspecified atom stereocenters. The molecule has 0 aliphatic carbocycles. The Labute approximate surface area is 231 Å². The average Bonchev–Trinajstić information content (AvgIpc) is 3.35. The van der Waals surface area contributed by atoms with Crippen molar-refractivity contribution in [3.63, 3.8) is 0 Å². The van der Waals surface area contributed by atoms with Gasteiger partial charge in [0.2, 0.25) is 15.9 Å². The molecule has 0 bridgehead atoms. The minimum atomic E-state index is -3.63. The summed E-state index contributed by atoms with van der Waals surface area (Å²) in [4.78, 5) is 24.4. The van der Waals surface area contributed by atoms with Gasteiger partial charge in [0.25, 0.3) is 0 Å². The van der Waals surface area contributed by atoms with Crippen molar-refractivity contribution in [2.75, 3.05) is 45.2 Å². The lowest BCUT2D eigenvalue weighted by Gasteiger charge is -2.26. The van der Waals surface area contributed by atoms with Gasteiger partial charge >= 0.3 is 0 Å². The van der Waals surface area contributed by atoms with Crippen molar-refractivity contribution in [2.24, 2.45) is 0 Å². The number of sulfonamides is 1. The lowest BCUT2D eigenvalue weighted by Crippen LogP contribution is -2.40. The number of carbonyl (C=O) groups excluding carboxylic acids is 2. The molecule has 4 rings (SSSR count). The van der Waals surface area contributed by atoms with Crippen molar-refractivity contribution in [1.29, 1.82) is 0 Å². The maximum Gasteiger partial charge on any atom is 0.243 e. The molecule has 13 heteroatoms. The fourth-order valence-corrected chi connectivity index (χ4v) is 6.26. The highest BCUT2D eigenvalue weighted by molar-refractivity contribution is 7.99. The first-order valence-corrected chi connectivity index (χ1v) is 15.0. The maximum atomic E-state index is 13.0. The van der Waals surface area contributed by atoms with Crippen molar-refractivity contribution in [2.45, 2.75) is 30.3 Å². The molecule has 3 aromatic rings. The van der Waals surface area contributed by atoms with Crippen LogP contribution in [0.1, 0.15) is 30.0 Å². The summed E-state index contributed by atoms with van der Waals surface area (Å²) < 4.78 is 39.7. The van der Waals surface area contributed by atoms with Gasteiger partial charge in [-0.1, -0.05) is 23.9 Å². The lowest BCUT2D eigenvalue weighted by molar-refractivity contribution is -0.118. The number of carbonyl (C=O) groups is 2. The molecule has 39 heavy (non-hydrogen) atoms. The second kappa shape index (κ2) is 13.2. The molecule has 0 saturated carbocycles. The van der Waals surface area contributed by atoms with Crippen molar-refractivity contribution < 1.29 is 27.5 Å². The summed E-state index contributed by atoms with van der Waals surface area (Å²) in [5.41, 5.74) is 1.20. The number of ketones is 1. The van der Waals surface area contributed by atoms with E-state index in [4.69, 9.17) is 9.47 Å². The fourth-order valence-electron chi connectivity index (χ4n) is 3.99. The Hall–Kier alpha value is -3.26. The molecular weight excluding hydrogens is 542 g/mol.